The van der Waals surface area contributed by atoms with Gasteiger partial charge in [0.25, 0.3) is 11.6 Å². The second kappa shape index (κ2) is 10.1. The van der Waals surface area contributed by atoms with E-state index in [1.165, 1.54) is 17.8 Å². The molecular formula is C24H26N6O3S. The van der Waals surface area contributed by atoms with Gasteiger partial charge in [0.2, 0.25) is 11.1 Å². The van der Waals surface area contributed by atoms with E-state index in [2.05, 4.69) is 27.6 Å². The molecule has 2 heterocycles. The molecule has 3 aromatic rings. The molecule has 1 aliphatic heterocycles. The van der Waals surface area contributed by atoms with Gasteiger partial charge in [0.05, 0.1) is 16.1 Å². The number of rotatable bonds is 8. The van der Waals surface area contributed by atoms with Crippen molar-refractivity contribution >= 4 is 35.0 Å². The first kappa shape index (κ1) is 23.5. The largest absolute Gasteiger partial charge is 0.328 e. The number of nitro benzene ring substituents is 1. The molecule has 0 bridgehead atoms. The number of fused-ring (bicyclic) bond motifs is 1. The molecule has 0 fully saturated rings. The van der Waals surface area contributed by atoms with Crippen LogP contribution in [0, 0.1) is 17.0 Å². The second-order valence-corrected chi connectivity index (χ2v) is 9.13. The van der Waals surface area contributed by atoms with Crippen LogP contribution in [0.2, 0.25) is 0 Å². The number of nitro groups is 1. The predicted molar refractivity (Wildman–Crippen MR) is 133 cm³/mol. The maximum atomic E-state index is 13.5. The van der Waals surface area contributed by atoms with Crippen LogP contribution < -0.4 is 10.6 Å². The summed E-state index contributed by atoms with van der Waals surface area (Å²) in [5, 5.41) is 23.2. The fourth-order valence-corrected chi connectivity index (χ4v) is 4.71. The highest BCUT2D eigenvalue weighted by Gasteiger charge is 2.37. The minimum absolute atomic E-state index is 0.0792. The van der Waals surface area contributed by atoms with Gasteiger partial charge in [-0.1, -0.05) is 54.9 Å². The zero-order chi connectivity index (χ0) is 24.2. The third-order valence-electron chi connectivity index (χ3n) is 5.54. The number of carbonyl (C=O) groups is 1. The first-order valence-electron chi connectivity index (χ1n) is 11.1. The van der Waals surface area contributed by atoms with Crippen molar-refractivity contribution in [2.24, 2.45) is 0 Å². The summed E-state index contributed by atoms with van der Waals surface area (Å²) in [5.74, 6) is 0.952. The minimum atomic E-state index is -0.809. The standard InChI is InChI=1S/C24H26N6O3S/c1-4-5-14-34-24-27-23-25-16(3)20(22(31)26-17-12-10-15(2)11-13-17)21(29(23)28-24)18-8-6-7-9-19(18)30(32)33/h6-13,21H,4-5,14H2,1-3H3,(H,26,31)(H,25,27,28). The van der Waals surface area contributed by atoms with Crippen molar-refractivity contribution in [3.8, 4) is 0 Å². The van der Waals surface area contributed by atoms with Crippen molar-refractivity contribution in [3.63, 3.8) is 0 Å². The molecule has 0 spiro atoms. The third kappa shape index (κ3) is 4.81. The van der Waals surface area contributed by atoms with Crippen molar-refractivity contribution in [2.75, 3.05) is 16.4 Å². The van der Waals surface area contributed by atoms with E-state index in [1.54, 1.807) is 29.8 Å². The van der Waals surface area contributed by atoms with E-state index in [9.17, 15) is 14.9 Å². The van der Waals surface area contributed by atoms with Crippen molar-refractivity contribution in [2.45, 2.75) is 44.8 Å². The number of allylic oxidation sites excluding steroid dienone is 1. The lowest BCUT2D eigenvalue weighted by molar-refractivity contribution is -0.385. The van der Waals surface area contributed by atoms with Gasteiger partial charge in [0, 0.05) is 23.2 Å². The lowest BCUT2D eigenvalue weighted by atomic mass is 9.93. The Morgan fingerprint density at radius 3 is 2.65 bits per heavy atom. The highest BCUT2D eigenvalue weighted by atomic mass is 32.2. The van der Waals surface area contributed by atoms with Gasteiger partial charge in [-0.05, 0) is 38.5 Å². The number of nitrogens with one attached hydrogen (secondary N) is 2. The van der Waals surface area contributed by atoms with Crippen LogP contribution >= 0.6 is 11.8 Å². The van der Waals surface area contributed by atoms with Crippen LogP contribution in [0.1, 0.15) is 43.9 Å². The van der Waals surface area contributed by atoms with Gasteiger partial charge < -0.3 is 10.6 Å². The summed E-state index contributed by atoms with van der Waals surface area (Å²) in [7, 11) is 0. The summed E-state index contributed by atoms with van der Waals surface area (Å²) >= 11 is 1.53. The summed E-state index contributed by atoms with van der Waals surface area (Å²) in [6.45, 7) is 5.86. The Bertz CT molecular complexity index is 1250. The Balaban J connectivity index is 1.79. The Kier molecular flexibility index (Phi) is 6.97. The average Bonchev–Trinajstić information content (AvgIpc) is 3.22. The summed E-state index contributed by atoms with van der Waals surface area (Å²) in [5.41, 5.74) is 2.92. The number of benzene rings is 2. The quantitative estimate of drug-likeness (QED) is 0.195. The number of aryl methyl sites for hydroxylation is 1. The number of anilines is 2. The molecule has 176 valence electrons. The molecule has 2 N–H and O–H groups in total. The van der Waals surface area contributed by atoms with E-state index in [4.69, 9.17) is 0 Å². The lowest BCUT2D eigenvalue weighted by Crippen LogP contribution is -2.31. The van der Waals surface area contributed by atoms with Crippen molar-refractivity contribution < 1.29 is 9.72 Å². The van der Waals surface area contributed by atoms with Gasteiger partial charge in [-0.2, -0.15) is 4.98 Å². The highest BCUT2D eigenvalue weighted by Crippen LogP contribution is 2.40. The Morgan fingerprint density at radius 1 is 1.21 bits per heavy atom. The maximum Gasteiger partial charge on any atom is 0.275 e. The van der Waals surface area contributed by atoms with E-state index in [0.29, 0.717) is 33.6 Å². The second-order valence-electron chi connectivity index (χ2n) is 8.07. The molecule has 1 unspecified atom stereocenters. The third-order valence-corrected chi connectivity index (χ3v) is 6.47. The summed E-state index contributed by atoms with van der Waals surface area (Å²) in [6, 6.07) is 13.1. The number of thioether (sulfide) groups is 1. The summed E-state index contributed by atoms with van der Waals surface area (Å²) in [4.78, 5) is 29.5. The molecule has 1 aliphatic rings. The Labute approximate surface area is 201 Å². The highest BCUT2D eigenvalue weighted by molar-refractivity contribution is 7.99. The molecule has 1 amide bonds. The summed E-state index contributed by atoms with van der Waals surface area (Å²) < 4.78 is 1.58. The molecule has 1 atom stereocenters. The SMILES string of the molecule is CCCCSc1nc2n(n1)C(c1ccccc1[N+](=O)[O-])C(C(=O)Nc1ccc(C)cc1)=C(C)N2. The van der Waals surface area contributed by atoms with Crippen LogP contribution in [0.4, 0.5) is 17.3 Å². The van der Waals surface area contributed by atoms with Gasteiger partial charge in [0.1, 0.15) is 6.04 Å². The van der Waals surface area contributed by atoms with Crippen LogP contribution in [-0.4, -0.2) is 31.3 Å². The fourth-order valence-electron chi connectivity index (χ4n) is 3.80. The lowest BCUT2D eigenvalue weighted by Gasteiger charge is -2.28. The molecule has 0 aliphatic carbocycles. The van der Waals surface area contributed by atoms with Crippen molar-refractivity contribution in [1.82, 2.24) is 14.8 Å². The topological polar surface area (TPSA) is 115 Å². The zero-order valence-electron chi connectivity index (χ0n) is 19.2. The van der Waals surface area contributed by atoms with Gasteiger partial charge >= 0.3 is 0 Å². The van der Waals surface area contributed by atoms with E-state index >= 15 is 0 Å². The molecular weight excluding hydrogens is 452 g/mol. The molecule has 0 saturated carbocycles. The number of hydrogen-bond donors (Lipinski definition) is 2. The van der Waals surface area contributed by atoms with Crippen LogP contribution in [0.15, 0.2) is 65.0 Å². The Hall–Kier alpha value is -3.66. The number of aromatic nitrogens is 3. The molecule has 1 aromatic heterocycles. The molecule has 4 rings (SSSR count). The van der Waals surface area contributed by atoms with Crippen LogP contribution in [0.5, 0.6) is 0 Å². The van der Waals surface area contributed by atoms with Gasteiger partial charge in [0.15, 0.2) is 0 Å². The normalized spacial score (nSPS) is 15.0. The predicted octanol–water partition coefficient (Wildman–Crippen LogP) is 5.31. The zero-order valence-corrected chi connectivity index (χ0v) is 20.1. The minimum Gasteiger partial charge on any atom is -0.328 e. The van der Waals surface area contributed by atoms with Crippen LogP contribution in [0.25, 0.3) is 0 Å². The van der Waals surface area contributed by atoms with Gasteiger partial charge in [-0.25, -0.2) is 4.68 Å². The number of nitrogens with zero attached hydrogens (tertiary/aromatic N) is 4. The van der Waals surface area contributed by atoms with E-state index in [0.717, 1.165) is 24.2 Å². The van der Waals surface area contributed by atoms with Crippen LogP contribution in [0.3, 0.4) is 0 Å². The molecule has 34 heavy (non-hydrogen) atoms. The molecule has 0 radical (unpaired) electrons. The van der Waals surface area contributed by atoms with Crippen LogP contribution in [-0.2, 0) is 4.79 Å². The summed E-state index contributed by atoms with van der Waals surface area (Å²) in [6.07, 6.45) is 2.08. The monoisotopic (exact) mass is 478 g/mol. The van der Waals surface area contributed by atoms with E-state index in [1.807, 2.05) is 31.2 Å². The molecule has 10 heteroatoms. The first-order chi connectivity index (χ1) is 16.4. The van der Waals surface area contributed by atoms with Crippen molar-refractivity contribution in [1.29, 1.82) is 0 Å². The number of amides is 1. The first-order valence-corrected chi connectivity index (χ1v) is 12.1. The Morgan fingerprint density at radius 2 is 1.94 bits per heavy atom. The van der Waals surface area contributed by atoms with Gasteiger partial charge in [-0.3, -0.25) is 14.9 Å². The number of unbranched alkanes of at least 4 members (excludes halogenated alkanes) is 1. The number of hydrogen-bond acceptors (Lipinski definition) is 7. The van der Waals surface area contributed by atoms with Crippen molar-refractivity contribution in [3.05, 3.63) is 81.0 Å². The van der Waals surface area contributed by atoms with E-state index in [-0.39, 0.29) is 11.6 Å². The van der Waals surface area contributed by atoms with E-state index < -0.39 is 11.0 Å². The number of para-hydroxylation sites is 1. The fraction of sp³-hybridized carbons (Fsp3) is 0.292. The van der Waals surface area contributed by atoms with Gasteiger partial charge in [-0.15, -0.1) is 5.10 Å². The molecule has 9 nitrogen and oxygen atoms in total. The average molecular weight is 479 g/mol. The number of carbonyl (C=O) groups excluding carboxylic acids is 1. The smallest absolute Gasteiger partial charge is 0.275 e. The maximum absolute atomic E-state index is 13.5. The molecule has 0 saturated heterocycles. The molecule has 2 aromatic carbocycles.